The molecule has 0 bridgehead atoms. The second-order valence-corrected chi connectivity index (χ2v) is 10.4. The predicted octanol–water partition coefficient (Wildman–Crippen LogP) is 4.71. The highest BCUT2D eigenvalue weighted by Gasteiger charge is 2.17. The summed E-state index contributed by atoms with van der Waals surface area (Å²) in [5.41, 5.74) is 0.897. The van der Waals surface area contributed by atoms with Crippen LogP contribution in [0.4, 0.5) is 5.69 Å². The Labute approximate surface area is 113 Å². The molecule has 94 valence electrons. The summed E-state index contributed by atoms with van der Waals surface area (Å²) in [4.78, 5) is 5.67. The van der Waals surface area contributed by atoms with Gasteiger partial charge in [-0.15, -0.1) is 11.3 Å². The van der Waals surface area contributed by atoms with Gasteiger partial charge in [0.15, 0.2) is 0 Å². The number of thiophene rings is 1. The topological polar surface area (TPSA) is 21.6 Å². The Bertz CT molecular complexity index is 529. The van der Waals surface area contributed by atoms with Gasteiger partial charge in [-0.25, -0.2) is 0 Å². The molecule has 0 unspecified atom stereocenters. The van der Waals surface area contributed by atoms with Gasteiger partial charge in [-0.3, -0.25) is 4.99 Å². The molecule has 0 aliphatic rings. The number of aliphatic imine (C=N–C) groups is 1. The van der Waals surface area contributed by atoms with Crippen molar-refractivity contribution in [2.75, 3.05) is 0 Å². The maximum Gasteiger partial charge on any atom is 0.242 e. The molecule has 0 fully saturated rings. The SMILES string of the molecule is C[Si](C)(C)Oc1ccccc1N=Cc1cccs1. The molecular formula is C14H17NOSSi. The van der Waals surface area contributed by atoms with E-state index in [2.05, 4.69) is 30.7 Å². The first kappa shape index (κ1) is 13.0. The van der Waals surface area contributed by atoms with E-state index in [9.17, 15) is 0 Å². The van der Waals surface area contributed by atoms with Gasteiger partial charge in [0.25, 0.3) is 0 Å². The zero-order valence-electron chi connectivity index (χ0n) is 10.9. The molecule has 2 rings (SSSR count). The third kappa shape index (κ3) is 3.82. The van der Waals surface area contributed by atoms with Crippen LogP contribution in [0.3, 0.4) is 0 Å². The molecule has 0 spiro atoms. The molecule has 2 aromatic rings. The molecule has 1 heterocycles. The van der Waals surface area contributed by atoms with E-state index in [1.165, 1.54) is 0 Å². The molecule has 0 aliphatic carbocycles. The van der Waals surface area contributed by atoms with Crippen LogP contribution in [0.25, 0.3) is 0 Å². The van der Waals surface area contributed by atoms with Crippen molar-refractivity contribution >= 4 is 31.6 Å². The average molecular weight is 275 g/mol. The molecular weight excluding hydrogens is 258 g/mol. The van der Waals surface area contributed by atoms with E-state index in [1.54, 1.807) is 11.3 Å². The Kier molecular flexibility index (Phi) is 3.99. The minimum absolute atomic E-state index is 0.879. The van der Waals surface area contributed by atoms with Crippen molar-refractivity contribution in [1.82, 2.24) is 0 Å². The number of nitrogens with zero attached hydrogens (tertiary/aromatic N) is 1. The maximum atomic E-state index is 6.03. The van der Waals surface area contributed by atoms with E-state index in [0.29, 0.717) is 0 Å². The van der Waals surface area contributed by atoms with Crippen molar-refractivity contribution < 1.29 is 4.43 Å². The first-order chi connectivity index (χ1) is 8.54. The van der Waals surface area contributed by atoms with Crippen LogP contribution in [-0.4, -0.2) is 14.5 Å². The van der Waals surface area contributed by atoms with E-state index in [4.69, 9.17) is 4.43 Å². The molecule has 2 nitrogen and oxygen atoms in total. The number of rotatable bonds is 4. The summed E-state index contributed by atoms with van der Waals surface area (Å²) in [5, 5.41) is 2.05. The van der Waals surface area contributed by atoms with Gasteiger partial charge in [-0.2, -0.15) is 0 Å². The Morgan fingerprint density at radius 1 is 1.11 bits per heavy atom. The van der Waals surface area contributed by atoms with Crippen molar-refractivity contribution in [3.05, 3.63) is 46.7 Å². The zero-order chi connectivity index (χ0) is 13.0. The molecule has 0 N–H and O–H groups in total. The molecule has 4 heteroatoms. The second kappa shape index (κ2) is 5.50. The second-order valence-electron chi connectivity index (χ2n) is 4.96. The highest BCUT2D eigenvalue weighted by Crippen LogP contribution is 2.29. The Morgan fingerprint density at radius 3 is 2.56 bits per heavy atom. The lowest BCUT2D eigenvalue weighted by molar-refractivity contribution is 0.559. The van der Waals surface area contributed by atoms with E-state index < -0.39 is 8.32 Å². The lowest BCUT2D eigenvalue weighted by Crippen LogP contribution is -2.29. The van der Waals surface area contributed by atoms with E-state index in [1.807, 2.05) is 41.9 Å². The lowest BCUT2D eigenvalue weighted by Gasteiger charge is -2.20. The van der Waals surface area contributed by atoms with Crippen molar-refractivity contribution in [2.24, 2.45) is 4.99 Å². The van der Waals surface area contributed by atoms with Gasteiger partial charge in [0.1, 0.15) is 11.4 Å². The van der Waals surface area contributed by atoms with E-state index in [0.717, 1.165) is 16.3 Å². The summed E-state index contributed by atoms with van der Waals surface area (Å²) < 4.78 is 6.03. The fraction of sp³-hybridized carbons (Fsp3) is 0.214. The number of benzene rings is 1. The fourth-order valence-corrected chi connectivity index (χ4v) is 2.90. The van der Waals surface area contributed by atoms with Gasteiger partial charge in [0, 0.05) is 11.1 Å². The van der Waals surface area contributed by atoms with Gasteiger partial charge in [0.2, 0.25) is 8.32 Å². The lowest BCUT2D eigenvalue weighted by atomic mass is 10.3. The molecule has 1 aromatic heterocycles. The Balaban J connectivity index is 2.22. The molecule has 0 aliphatic heterocycles. The molecule has 1 aromatic carbocycles. The van der Waals surface area contributed by atoms with Crippen molar-refractivity contribution in [3.8, 4) is 5.75 Å². The van der Waals surface area contributed by atoms with E-state index in [-0.39, 0.29) is 0 Å². The standard InChI is InChI=1S/C14H17NOSSi/c1-18(2,3)16-14-9-5-4-8-13(14)15-11-12-7-6-10-17-12/h4-11H,1-3H3. The smallest absolute Gasteiger partial charge is 0.242 e. The molecule has 0 amide bonds. The summed E-state index contributed by atoms with van der Waals surface area (Å²) in [6.45, 7) is 6.52. The minimum atomic E-state index is -1.60. The highest BCUT2D eigenvalue weighted by atomic mass is 32.1. The van der Waals surface area contributed by atoms with Crippen LogP contribution in [0.15, 0.2) is 46.8 Å². The van der Waals surface area contributed by atoms with Crippen molar-refractivity contribution in [1.29, 1.82) is 0 Å². The Hall–Kier alpha value is -1.39. The maximum absolute atomic E-state index is 6.03. The van der Waals surface area contributed by atoms with Crippen LogP contribution in [0.1, 0.15) is 4.88 Å². The molecule has 0 radical (unpaired) electrons. The van der Waals surface area contributed by atoms with Crippen LogP contribution in [0, 0.1) is 0 Å². The first-order valence-electron chi connectivity index (χ1n) is 5.90. The largest absolute Gasteiger partial charge is 0.543 e. The minimum Gasteiger partial charge on any atom is -0.543 e. The summed E-state index contributed by atoms with van der Waals surface area (Å²) >= 11 is 1.68. The normalized spacial score (nSPS) is 11.9. The summed E-state index contributed by atoms with van der Waals surface area (Å²) in [6, 6.07) is 12.0. The summed E-state index contributed by atoms with van der Waals surface area (Å²) in [7, 11) is -1.60. The van der Waals surface area contributed by atoms with Gasteiger partial charge >= 0.3 is 0 Å². The van der Waals surface area contributed by atoms with E-state index >= 15 is 0 Å². The van der Waals surface area contributed by atoms with Gasteiger partial charge in [0.05, 0.1) is 0 Å². The molecule has 0 saturated carbocycles. The number of para-hydroxylation sites is 2. The quantitative estimate of drug-likeness (QED) is 0.585. The van der Waals surface area contributed by atoms with Gasteiger partial charge in [-0.05, 0) is 43.2 Å². The monoisotopic (exact) mass is 275 g/mol. The molecule has 18 heavy (non-hydrogen) atoms. The fourth-order valence-electron chi connectivity index (χ4n) is 1.48. The first-order valence-corrected chi connectivity index (χ1v) is 10.2. The van der Waals surface area contributed by atoms with Gasteiger partial charge < -0.3 is 4.43 Å². The molecule has 0 atom stereocenters. The van der Waals surface area contributed by atoms with Crippen LogP contribution in [0.5, 0.6) is 5.75 Å². The van der Waals surface area contributed by atoms with Crippen LogP contribution in [0.2, 0.25) is 19.6 Å². The third-order valence-electron chi connectivity index (χ3n) is 2.16. The van der Waals surface area contributed by atoms with Gasteiger partial charge in [-0.1, -0.05) is 18.2 Å². The van der Waals surface area contributed by atoms with Crippen LogP contribution >= 0.6 is 11.3 Å². The van der Waals surface area contributed by atoms with Crippen LogP contribution in [-0.2, 0) is 0 Å². The molecule has 0 saturated heterocycles. The predicted molar refractivity (Wildman–Crippen MR) is 82.0 cm³/mol. The van der Waals surface area contributed by atoms with Crippen molar-refractivity contribution in [3.63, 3.8) is 0 Å². The van der Waals surface area contributed by atoms with Crippen molar-refractivity contribution in [2.45, 2.75) is 19.6 Å². The highest BCUT2D eigenvalue weighted by molar-refractivity contribution is 7.11. The summed E-state index contributed by atoms with van der Waals surface area (Å²) in [6.07, 6.45) is 1.89. The number of hydrogen-bond acceptors (Lipinski definition) is 3. The average Bonchev–Trinajstić information content (AvgIpc) is 2.79. The Morgan fingerprint density at radius 2 is 1.89 bits per heavy atom. The van der Waals surface area contributed by atoms with Crippen LogP contribution < -0.4 is 4.43 Å². The third-order valence-corrected chi connectivity index (χ3v) is 3.79. The summed E-state index contributed by atoms with van der Waals surface area (Å²) in [5.74, 6) is 0.879. The zero-order valence-corrected chi connectivity index (χ0v) is 12.7. The number of hydrogen-bond donors (Lipinski definition) is 0.